The zero-order chi connectivity index (χ0) is 33.7. The smallest absolute Gasteiger partial charge is 0.303 e. The van der Waals surface area contributed by atoms with Crippen molar-refractivity contribution < 1.29 is 34.0 Å². The molecule has 0 aliphatic carbocycles. The van der Waals surface area contributed by atoms with Gasteiger partial charge >= 0.3 is 5.97 Å². The highest BCUT2D eigenvalue weighted by atomic mass is 32.2. The first-order chi connectivity index (χ1) is 23.4. The number of aliphatic carboxylic acids is 1. The van der Waals surface area contributed by atoms with Gasteiger partial charge in [-0.25, -0.2) is 0 Å². The van der Waals surface area contributed by atoms with Crippen LogP contribution in [0.2, 0.25) is 0 Å². The maximum atomic E-state index is 12.4. The lowest BCUT2D eigenvalue weighted by molar-refractivity contribution is -0.245. The van der Waals surface area contributed by atoms with E-state index in [1.165, 1.54) is 0 Å². The Morgan fingerprint density at radius 2 is 1.58 bits per heavy atom. The van der Waals surface area contributed by atoms with Gasteiger partial charge in [0.05, 0.1) is 25.9 Å². The number of unbranched alkanes of at least 4 members (excludes halogenated alkanes) is 2. The van der Waals surface area contributed by atoms with Gasteiger partial charge < -0.3 is 29.7 Å². The molecule has 9 heteroatoms. The van der Waals surface area contributed by atoms with Crippen LogP contribution in [-0.2, 0) is 32.2 Å². The summed E-state index contributed by atoms with van der Waals surface area (Å²) in [5.41, 5.74) is 5.83. The number of aliphatic hydroxyl groups excluding tert-OH is 1. The Morgan fingerprint density at radius 3 is 2.35 bits per heavy atom. The number of hydrogen-bond acceptors (Lipinski definition) is 7. The number of para-hydroxylation sites is 1. The van der Waals surface area contributed by atoms with Crippen LogP contribution in [0.25, 0.3) is 11.1 Å². The number of carbonyl (C=O) groups is 2. The molecule has 1 fully saturated rings. The van der Waals surface area contributed by atoms with E-state index in [4.69, 9.17) is 19.3 Å². The molecule has 0 bridgehead atoms. The topological polar surface area (TPSA) is 114 Å². The van der Waals surface area contributed by atoms with E-state index in [9.17, 15) is 14.7 Å². The Hall–Kier alpha value is -4.15. The summed E-state index contributed by atoms with van der Waals surface area (Å²) in [6, 6.07) is 32.2. The SMILES string of the molecule is COc1ccccc1SC[C@@H]1C[C@H](c2ccc(CO)cc2)O[C@H](c2cccc(-c3cccc(CNC(=O)CCCCCC(=O)O)c3)c2)O1. The normalized spacial score (nSPS) is 17.5. The molecule has 0 spiro atoms. The van der Waals surface area contributed by atoms with Crippen LogP contribution in [0.3, 0.4) is 0 Å². The zero-order valence-electron chi connectivity index (χ0n) is 27.2. The Bertz CT molecular complexity index is 1640. The number of benzene rings is 4. The van der Waals surface area contributed by atoms with Crippen LogP contribution in [0, 0.1) is 0 Å². The van der Waals surface area contributed by atoms with Crippen molar-refractivity contribution >= 4 is 23.6 Å². The number of carboxylic acids is 1. The molecule has 0 radical (unpaired) electrons. The second kappa shape index (κ2) is 17.8. The summed E-state index contributed by atoms with van der Waals surface area (Å²) >= 11 is 1.70. The van der Waals surface area contributed by atoms with E-state index >= 15 is 0 Å². The van der Waals surface area contributed by atoms with E-state index in [0.29, 0.717) is 32.2 Å². The molecule has 4 aromatic rings. The fourth-order valence-electron chi connectivity index (χ4n) is 5.70. The van der Waals surface area contributed by atoms with Gasteiger partial charge in [-0.3, -0.25) is 9.59 Å². The molecule has 3 N–H and O–H groups in total. The highest BCUT2D eigenvalue weighted by molar-refractivity contribution is 7.99. The lowest BCUT2D eigenvalue weighted by Crippen LogP contribution is -2.31. The van der Waals surface area contributed by atoms with Gasteiger partial charge in [-0.15, -0.1) is 11.8 Å². The minimum absolute atomic E-state index is 0.00768. The summed E-state index contributed by atoms with van der Waals surface area (Å²) in [7, 11) is 1.68. The molecular weight excluding hydrogens is 626 g/mol. The fourth-order valence-corrected chi connectivity index (χ4v) is 6.75. The van der Waals surface area contributed by atoms with Gasteiger partial charge in [-0.1, -0.05) is 79.2 Å². The van der Waals surface area contributed by atoms with Crippen LogP contribution in [0.15, 0.2) is 102 Å². The molecule has 0 saturated carbocycles. The maximum Gasteiger partial charge on any atom is 0.303 e. The summed E-state index contributed by atoms with van der Waals surface area (Å²) in [5.74, 6) is 0.718. The van der Waals surface area contributed by atoms with Crippen molar-refractivity contribution in [2.24, 2.45) is 0 Å². The fraction of sp³-hybridized carbons (Fsp3) is 0.333. The third kappa shape index (κ3) is 10.2. The molecule has 252 valence electrons. The molecule has 0 aromatic heterocycles. The summed E-state index contributed by atoms with van der Waals surface area (Å²) in [5, 5.41) is 21.3. The molecule has 1 aliphatic rings. The highest BCUT2D eigenvalue weighted by Crippen LogP contribution is 2.41. The van der Waals surface area contributed by atoms with Gasteiger partial charge in [-0.05, 0) is 64.9 Å². The number of aliphatic hydroxyl groups is 1. The Morgan fingerprint density at radius 1 is 0.833 bits per heavy atom. The van der Waals surface area contributed by atoms with Crippen molar-refractivity contribution in [1.29, 1.82) is 0 Å². The Kier molecular flexibility index (Phi) is 13.1. The second-order valence-corrected chi connectivity index (χ2v) is 12.9. The number of hydrogen-bond donors (Lipinski definition) is 3. The summed E-state index contributed by atoms with van der Waals surface area (Å²) < 4.78 is 18.8. The van der Waals surface area contributed by atoms with Gasteiger partial charge in [0, 0.05) is 42.0 Å². The minimum atomic E-state index is -0.804. The number of carboxylic acid groups (broad SMARTS) is 1. The van der Waals surface area contributed by atoms with E-state index < -0.39 is 12.3 Å². The lowest BCUT2D eigenvalue weighted by atomic mass is 9.99. The van der Waals surface area contributed by atoms with Gasteiger partial charge in [0.1, 0.15) is 5.75 Å². The molecule has 0 unspecified atom stereocenters. The van der Waals surface area contributed by atoms with Crippen LogP contribution in [0.1, 0.15) is 73.2 Å². The molecule has 5 rings (SSSR count). The van der Waals surface area contributed by atoms with E-state index in [2.05, 4.69) is 29.6 Å². The summed E-state index contributed by atoms with van der Waals surface area (Å²) in [4.78, 5) is 24.1. The molecule has 3 atom stereocenters. The van der Waals surface area contributed by atoms with Gasteiger partial charge in [0.25, 0.3) is 0 Å². The van der Waals surface area contributed by atoms with Crippen molar-refractivity contribution in [2.75, 3.05) is 12.9 Å². The second-order valence-electron chi connectivity index (χ2n) is 11.9. The van der Waals surface area contributed by atoms with Crippen LogP contribution in [0.4, 0.5) is 0 Å². The van der Waals surface area contributed by atoms with E-state index in [0.717, 1.165) is 56.2 Å². The monoisotopic (exact) mass is 669 g/mol. The quantitative estimate of drug-likeness (QED) is 0.0817. The maximum absolute atomic E-state index is 12.4. The van der Waals surface area contributed by atoms with E-state index in [1.54, 1.807) is 18.9 Å². The molecule has 1 heterocycles. The highest BCUT2D eigenvalue weighted by Gasteiger charge is 2.32. The molecule has 1 saturated heterocycles. The third-order valence-electron chi connectivity index (χ3n) is 8.31. The predicted molar refractivity (Wildman–Crippen MR) is 187 cm³/mol. The molecule has 1 aliphatic heterocycles. The predicted octanol–water partition coefficient (Wildman–Crippen LogP) is 7.84. The van der Waals surface area contributed by atoms with E-state index in [1.807, 2.05) is 72.8 Å². The zero-order valence-corrected chi connectivity index (χ0v) is 28.0. The average molecular weight is 670 g/mol. The molecule has 4 aromatic carbocycles. The van der Waals surface area contributed by atoms with Gasteiger partial charge in [-0.2, -0.15) is 0 Å². The molecule has 8 nitrogen and oxygen atoms in total. The van der Waals surface area contributed by atoms with Crippen molar-refractivity contribution in [3.63, 3.8) is 0 Å². The van der Waals surface area contributed by atoms with Crippen molar-refractivity contribution in [3.05, 3.63) is 119 Å². The van der Waals surface area contributed by atoms with Gasteiger partial charge in [0.15, 0.2) is 6.29 Å². The lowest BCUT2D eigenvalue weighted by Gasteiger charge is -2.36. The molecule has 1 amide bonds. The Labute approximate surface area is 286 Å². The first kappa shape index (κ1) is 35.2. The first-order valence-electron chi connectivity index (χ1n) is 16.4. The number of nitrogens with one attached hydrogen (secondary N) is 1. The number of thioether (sulfide) groups is 1. The van der Waals surface area contributed by atoms with Crippen LogP contribution < -0.4 is 10.1 Å². The largest absolute Gasteiger partial charge is 0.496 e. The van der Waals surface area contributed by atoms with Gasteiger partial charge in [0.2, 0.25) is 5.91 Å². The molecule has 48 heavy (non-hydrogen) atoms. The standard InChI is InChI=1S/C39H43NO7S/c1-45-34-13-5-6-14-36(34)48-26-33-23-35(29-19-17-27(25-41)18-20-29)47-39(46-33)32-12-8-11-31(22-32)30-10-7-9-28(21-30)24-40-37(42)15-3-2-4-16-38(43)44/h5-14,17-22,33,35,39,41H,2-4,15-16,23-26H2,1H3,(H,40,42)(H,43,44)/t33-,35+,39+/m0/s1. The van der Waals surface area contributed by atoms with Crippen LogP contribution >= 0.6 is 11.8 Å². The van der Waals surface area contributed by atoms with Crippen LogP contribution in [-0.4, -0.2) is 41.1 Å². The minimum Gasteiger partial charge on any atom is -0.496 e. The molecular formula is C39H43NO7S. The van der Waals surface area contributed by atoms with Crippen molar-refractivity contribution in [1.82, 2.24) is 5.32 Å². The number of ether oxygens (including phenoxy) is 3. The summed E-state index contributed by atoms with van der Waals surface area (Å²) in [6.07, 6.45) is 2.33. The summed E-state index contributed by atoms with van der Waals surface area (Å²) in [6.45, 7) is 0.408. The average Bonchev–Trinajstić information content (AvgIpc) is 3.13. The van der Waals surface area contributed by atoms with E-state index in [-0.39, 0.29) is 31.1 Å². The van der Waals surface area contributed by atoms with Crippen LogP contribution in [0.5, 0.6) is 5.75 Å². The number of methoxy groups -OCH3 is 1. The first-order valence-corrected chi connectivity index (χ1v) is 17.3. The number of carbonyl (C=O) groups excluding carboxylic acids is 1. The number of amides is 1. The van der Waals surface area contributed by atoms with Crippen molar-refractivity contribution in [2.45, 2.75) is 75.1 Å². The third-order valence-corrected chi connectivity index (χ3v) is 9.50. The Balaban J connectivity index is 1.27. The number of rotatable bonds is 16. The van der Waals surface area contributed by atoms with Crippen molar-refractivity contribution in [3.8, 4) is 16.9 Å².